The molecule has 2 rings (SSSR count). The van der Waals surface area contributed by atoms with E-state index in [1.54, 1.807) is 0 Å². The molecule has 0 bridgehead atoms. The second-order valence-electron chi connectivity index (χ2n) is 4.80. The van der Waals surface area contributed by atoms with Gasteiger partial charge in [0, 0.05) is 6.04 Å². The maximum Gasteiger partial charge on any atom is 0.416 e. The van der Waals surface area contributed by atoms with E-state index in [0.29, 0.717) is 37.6 Å². The van der Waals surface area contributed by atoms with Crippen molar-refractivity contribution in [2.24, 2.45) is 0 Å². The Labute approximate surface area is 124 Å². The van der Waals surface area contributed by atoms with Gasteiger partial charge in [-0.2, -0.15) is 26.3 Å². The third-order valence-corrected chi connectivity index (χ3v) is 3.37. The van der Waals surface area contributed by atoms with Gasteiger partial charge in [-0.1, -0.05) is 6.42 Å². The Morgan fingerprint density at radius 1 is 0.952 bits per heavy atom. The largest absolute Gasteiger partial charge is 0.416 e. The van der Waals surface area contributed by atoms with E-state index in [1.165, 1.54) is 0 Å². The second-order valence-corrected chi connectivity index (χ2v) is 4.80. The van der Waals surface area contributed by atoms with Gasteiger partial charge in [0.05, 0.1) is 11.1 Å². The van der Waals surface area contributed by atoms with Crippen LogP contribution in [0.3, 0.4) is 0 Å². The van der Waals surface area contributed by atoms with Gasteiger partial charge in [-0.05, 0) is 43.1 Å². The molecule has 21 heavy (non-hydrogen) atoms. The van der Waals surface area contributed by atoms with Crippen LogP contribution in [-0.2, 0) is 12.4 Å². The van der Waals surface area contributed by atoms with Crippen molar-refractivity contribution < 1.29 is 26.3 Å². The lowest BCUT2D eigenvalue weighted by Crippen LogP contribution is -2.29. The predicted octanol–water partition coefficient (Wildman–Crippen LogP) is 4.96. The Balaban J connectivity index is 0.00000220. The topological polar surface area (TPSA) is 12.0 Å². The molecule has 1 saturated heterocycles. The van der Waals surface area contributed by atoms with Crippen molar-refractivity contribution in [3.05, 3.63) is 34.9 Å². The highest BCUT2D eigenvalue weighted by Gasteiger charge is 2.38. The van der Waals surface area contributed by atoms with Crippen LogP contribution in [0.15, 0.2) is 18.2 Å². The molecule has 120 valence electrons. The van der Waals surface area contributed by atoms with Crippen LogP contribution in [0.1, 0.15) is 42.0 Å². The molecule has 1 nitrogen and oxygen atoms in total. The van der Waals surface area contributed by atoms with Gasteiger partial charge in [0.1, 0.15) is 0 Å². The van der Waals surface area contributed by atoms with Crippen LogP contribution >= 0.6 is 12.4 Å². The highest BCUT2D eigenvalue weighted by atomic mass is 35.5. The molecule has 1 aromatic rings. The van der Waals surface area contributed by atoms with E-state index in [0.717, 1.165) is 6.42 Å². The molecule has 0 saturated carbocycles. The molecule has 0 spiro atoms. The van der Waals surface area contributed by atoms with Crippen molar-refractivity contribution in [3.8, 4) is 0 Å². The van der Waals surface area contributed by atoms with E-state index in [2.05, 4.69) is 5.32 Å². The Kier molecular flexibility index (Phi) is 5.55. The fourth-order valence-corrected chi connectivity index (χ4v) is 2.40. The smallest absolute Gasteiger partial charge is 0.310 e. The van der Waals surface area contributed by atoms with Gasteiger partial charge in [0.2, 0.25) is 0 Å². The van der Waals surface area contributed by atoms with Gasteiger partial charge >= 0.3 is 12.4 Å². The molecule has 1 fully saturated rings. The number of benzene rings is 1. The molecule has 1 aromatic carbocycles. The third-order valence-electron chi connectivity index (χ3n) is 3.37. The molecule has 0 unspecified atom stereocenters. The molecular weight excluding hydrogens is 320 g/mol. The summed E-state index contributed by atoms with van der Waals surface area (Å²) in [6.45, 7) is 0.512. The summed E-state index contributed by atoms with van der Waals surface area (Å²) in [5.41, 5.74) is -2.36. The average Bonchev–Trinajstić information content (AvgIpc) is 2.37. The first-order valence-corrected chi connectivity index (χ1v) is 6.21. The number of alkyl halides is 6. The fraction of sp³-hybridized carbons (Fsp3) is 0.538. The molecule has 0 aromatic heterocycles. The van der Waals surface area contributed by atoms with Crippen LogP contribution in [-0.4, -0.2) is 6.54 Å². The van der Waals surface area contributed by atoms with Gasteiger partial charge in [0.15, 0.2) is 0 Å². The lowest BCUT2D eigenvalue weighted by atomic mass is 9.91. The van der Waals surface area contributed by atoms with Crippen LogP contribution in [0.5, 0.6) is 0 Å². The molecule has 1 heterocycles. The zero-order chi connectivity index (χ0) is 15.0. The molecule has 0 radical (unpaired) electrons. The van der Waals surface area contributed by atoms with Gasteiger partial charge in [-0.3, -0.25) is 0 Å². The summed E-state index contributed by atoms with van der Waals surface area (Å²) in [6.07, 6.45) is -7.38. The normalized spacial score (nSPS) is 20.0. The minimum absolute atomic E-state index is 0. The first-order valence-electron chi connectivity index (χ1n) is 6.21. The molecule has 1 aliphatic heterocycles. The number of hydrogen-bond acceptors (Lipinski definition) is 1. The van der Waals surface area contributed by atoms with E-state index in [4.69, 9.17) is 0 Å². The zero-order valence-corrected chi connectivity index (χ0v) is 11.6. The predicted molar refractivity (Wildman–Crippen MR) is 68.3 cm³/mol. The lowest BCUT2D eigenvalue weighted by molar-refractivity contribution is -0.142. The van der Waals surface area contributed by atoms with Crippen molar-refractivity contribution in [3.63, 3.8) is 0 Å². The Morgan fingerprint density at radius 3 is 2.10 bits per heavy atom. The van der Waals surface area contributed by atoms with Crippen molar-refractivity contribution in [2.75, 3.05) is 6.54 Å². The van der Waals surface area contributed by atoms with Crippen LogP contribution in [0.2, 0.25) is 0 Å². The van der Waals surface area contributed by atoms with E-state index in [-0.39, 0.29) is 18.0 Å². The number of rotatable bonds is 1. The Bertz CT molecular complexity index is 477. The molecule has 1 N–H and O–H groups in total. The summed E-state index contributed by atoms with van der Waals surface area (Å²) in [5, 5.41) is 2.86. The molecule has 1 aliphatic rings. The minimum Gasteiger partial charge on any atom is -0.310 e. The maximum atomic E-state index is 12.9. The summed E-state index contributed by atoms with van der Waals surface area (Å²) >= 11 is 0. The number of nitrogens with one attached hydrogen (secondary N) is 1. The highest BCUT2D eigenvalue weighted by molar-refractivity contribution is 5.85. The summed E-state index contributed by atoms with van der Waals surface area (Å²) < 4.78 is 76.8. The van der Waals surface area contributed by atoms with E-state index < -0.39 is 29.5 Å². The van der Waals surface area contributed by atoms with Gasteiger partial charge in [-0.25, -0.2) is 0 Å². The summed E-state index contributed by atoms with van der Waals surface area (Å²) in [5.74, 6) is 0. The molecule has 0 amide bonds. The highest BCUT2D eigenvalue weighted by Crippen LogP contribution is 2.40. The van der Waals surface area contributed by atoms with E-state index in [1.807, 2.05) is 0 Å². The second kappa shape index (κ2) is 6.44. The lowest BCUT2D eigenvalue weighted by Gasteiger charge is -2.27. The molecule has 0 aliphatic carbocycles. The van der Waals surface area contributed by atoms with Crippen molar-refractivity contribution in [1.82, 2.24) is 5.32 Å². The van der Waals surface area contributed by atoms with Crippen molar-refractivity contribution in [2.45, 2.75) is 37.7 Å². The standard InChI is InChI=1S/C13H13F6N.ClH/c14-12(15,16)8-4-5-10(13(17,18)19)9(7-8)11-3-1-2-6-20-11;/h4-5,7,11,20H,1-3,6H2;1H/t11-;/m1./s1. The SMILES string of the molecule is Cl.FC(F)(F)c1ccc(C(F)(F)F)c([C@H]2CCCCN2)c1. The van der Waals surface area contributed by atoms with Crippen molar-refractivity contribution in [1.29, 1.82) is 0 Å². The first kappa shape index (κ1) is 18.1. The molecular formula is C13H14ClF6N. The number of halogens is 7. The third kappa shape index (κ3) is 4.26. The summed E-state index contributed by atoms with van der Waals surface area (Å²) in [7, 11) is 0. The Morgan fingerprint density at radius 2 is 1.62 bits per heavy atom. The van der Waals surface area contributed by atoms with Crippen LogP contribution in [0.25, 0.3) is 0 Å². The van der Waals surface area contributed by atoms with E-state index in [9.17, 15) is 26.3 Å². The van der Waals surface area contributed by atoms with Gasteiger partial charge in [-0.15, -0.1) is 12.4 Å². The Hall–Kier alpha value is -0.950. The first-order chi connectivity index (χ1) is 9.19. The zero-order valence-electron chi connectivity index (χ0n) is 10.8. The van der Waals surface area contributed by atoms with Crippen LogP contribution in [0.4, 0.5) is 26.3 Å². The average molecular weight is 334 g/mol. The van der Waals surface area contributed by atoms with Gasteiger partial charge in [0.25, 0.3) is 0 Å². The summed E-state index contributed by atoms with van der Waals surface area (Å²) in [4.78, 5) is 0. The van der Waals surface area contributed by atoms with Crippen LogP contribution < -0.4 is 5.32 Å². The number of piperidine rings is 1. The maximum absolute atomic E-state index is 12.9. The fourth-order valence-electron chi connectivity index (χ4n) is 2.40. The van der Waals surface area contributed by atoms with Crippen molar-refractivity contribution >= 4 is 12.4 Å². The monoisotopic (exact) mass is 333 g/mol. The van der Waals surface area contributed by atoms with Crippen LogP contribution in [0, 0.1) is 0 Å². The van der Waals surface area contributed by atoms with E-state index >= 15 is 0 Å². The quantitative estimate of drug-likeness (QED) is 0.716. The summed E-state index contributed by atoms with van der Waals surface area (Å²) in [6, 6.07) is 0.942. The molecule has 1 atom stereocenters. The minimum atomic E-state index is -4.65. The number of hydrogen-bond donors (Lipinski definition) is 1. The molecule has 8 heteroatoms. The van der Waals surface area contributed by atoms with Gasteiger partial charge < -0.3 is 5.32 Å².